The molecule has 8 heteroatoms. The van der Waals surface area contributed by atoms with Gasteiger partial charge in [-0.3, -0.25) is 4.79 Å². The standard InChI is InChI=1S/C15H10BrF4NO2/c1-7-2-3-8(4-9(7)16)21-12(22)6-23-15-13(19)10(17)5-11(18)14(15)20/h2-5H,6H2,1H3,(H,21,22). The molecule has 2 aromatic rings. The minimum atomic E-state index is -1.70. The van der Waals surface area contributed by atoms with E-state index in [2.05, 4.69) is 26.0 Å². The van der Waals surface area contributed by atoms with Crippen LogP contribution in [0.3, 0.4) is 0 Å². The van der Waals surface area contributed by atoms with E-state index in [1.165, 1.54) is 0 Å². The van der Waals surface area contributed by atoms with Crippen LogP contribution in [0.5, 0.6) is 5.75 Å². The Bertz CT molecular complexity index is 741. The molecule has 0 heterocycles. The highest BCUT2D eigenvalue weighted by atomic mass is 79.9. The van der Waals surface area contributed by atoms with E-state index < -0.39 is 41.5 Å². The van der Waals surface area contributed by atoms with Crippen LogP contribution in [-0.4, -0.2) is 12.5 Å². The number of hydrogen-bond acceptors (Lipinski definition) is 2. The van der Waals surface area contributed by atoms with Crippen molar-refractivity contribution in [2.45, 2.75) is 6.92 Å². The Labute approximate surface area is 137 Å². The highest BCUT2D eigenvalue weighted by Crippen LogP contribution is 2.26. The number of anilines is 1. The van der Waals surface area contributed by atoms with Crippen molar-refractivity contribution in [3.05, 3.63) is 57.6 Å². The van der Waals surface area contributed by atoms with Crippen molar-refractivity contribution in [2.75, 3.05) is 11.9 Å². The number of hydrogen-bond donors (Lipinski definition) is 1. The lowest BCUT2D eigenvalue weighted by molar-refractivity contribution is -0.118. The van der Waals surface area contributed by atoms with Crippen molar-refractivity contribution >= 4 is 27.5 Å². The zero-order chi connectivity index (χ0) is 17.1. The molecular formula is C15H10BrF4NO2. The van der Waals surface area contributed by atoms with Gasteiger partial charge in [-0.05, 0) is 24.6 Å². The molecule has 23 heavy (non-hydrogen) atoms. The van der Waals surface area contributed by atoms with Crippen LogP contribution in [0.25, 0.3) is 0 Å². The molecule has 3 nitrogen and oxygen atoms in total. The summed E-state index contributed by atoms with van der Waals surface area (Å²) in [5, 5.41) is 2.42. The summed E-state index contributed by atoms with van der Waals surface area (Å²) in [4.78, 5) is 11.7. The molecule has 0 aromatic heterocycles. The highest BCUT2D eigenvalue weighted by molar-refractivity contribution is 9.10. The second-order valence-corrected chi connectivity index (χ2v) is 5.45. The van der Waals surface area contributed by atoms with Crippen LogP contribution in [0.4, 0.5) is 23.2 Å². The average Bonchev–Trinajstić information content (AvgIpc) is 2.49. The number of carbonyl (C=O) groups is 1. The number of rotatable bonds is 4. The largest absolute Gasteiger partial charge is 0.477 e. The molecule has 0 spiro atoms. The molecular weight excluding hydrogens is 382 g/mol. The Morgan fingerprint density at radius 3 is 2.30 bits per heavy atom. The SMILES string of the molecule is Cc1ccc(NC(=O)COc2c(F)c(F)cc(F)c2F)cc1Br. The first-order valence-electron chi connectivity index (χ1n) is 6.31. The second kappa shape index (κ2) is 6.99. The fraction of sp³-hybridized carbons (Fsp3) is 0.133. The van der Waals surface area contributed by atoms with Gasteiger partial charge in [-0.15, -0.1) is 0 Å². The number of benzene rings is 2. The van der Waals surface area contributed by atoms with Crippen LogP contribution >= 0.6 is 15.9 Å². The second-order valence-electron chi connectivity index (χ2n) is 4.60. The molecule has 0 aliphatic carbocycles. The van der Waals surface area contributed by atoms with Gasteiger partial charge in [0, 0.05) is 16.2 Å². The third-order valence-electron chi connectivity index (χ3n) is 2.87. The average molecular weight is 392 g/mol. The third-order valence-corrected chi connectivity index (χ3v) is 3.73. The Morgan fingerprint density at radius 2 is 1.74 bits per heavy atom. The molecule has 2 rings (SSSR count). The maximum absolute atomic E-state index is 13.4. The Balaban J connectivity index is 2.06. The molecule has 0 aliphatic heterocycles. The normalized spacial score (nSPS) is 10.5. The molecule has 0 bridgehead atoms. The molecule has 0 atom stereocenters. The van der Waals surface area contributed by atoms with Gasteiger partial charge in [0.05, 0.1) is 0 Å². The molecule has 0 radical (unpaired) electrons. The van der Waals surface area contributed by atoms with Crippen LogP contribution in [-0.2, 0) is 4.79 Å². The lowest BCUT2D eigenvalue weighted by atomic mass is 10.2. The number of amides is 1. The van der Waals surface area contributed by atoms with Gasteiger partial charge in [-0.1, -0.05) is 22.0 Å². The van der Waals surface area contributed by atoms with Crippen molar-refractivity contribution in [3.63, 3.8) is 0 Å². The summed E-state index contributed by atoms with van der Waals surface area (Å²) in [5.41, 5.74) is 1.36. The van der Waals surface area contributed by atoms with Gasteiger partial charge in [0.25, 0.3) is 5.91 Å². The molecule has 1 amide bonds. The Hall–Kier alpha value is -2.09. The van der Waals surface area contributed by atoms with Crippen LogP contribution in [0, 0.1) is 30.2 Å². The first-order valence-corrected chi connectivity index (χ1v) is 7.10. The monoisotopic (exact) mass is 391 g/mol. The van der Waals surface area contributed by atoms with Crippen LogP contribution in [0.2, 0.25) is 0 Å². The van der Waals surface area contributed by atoms with Crippen molar-refractivity contribution < 1.29 is 27.1 Å². The Kier molecular flexibility index (Phi) is 5.25. The molecule has 0 fully saturated rings. The quantitative estimate of drug-likeness (QED) is 0.622. The number of aryl methyl sites for hydroxylation is 1. The van der Waals surface area contributed by atoms with E-state index in [4.69, 9.17) is 0 Å². The Morgan fingerprint density at radius 1 is 1.13 bits per heavy atom. The molecule has 0 unspecified atom stereocenters. The van der Waals surface area contributed by atoms with Gasteiger partial charge in [-0.25, -0.2) is 8.78 Å². The van der Waals surface area contributed by atoms with Gasteiger partial charge in [0.1, 0.15) is 0 Å². The lowest BCUT2D eigenvalue weighted by Gasteiger charge is -2.10. The first-order chi connectivity index (χ1) is 10.8. The maximum Gasteiger partial charge on any atom is 0.262 e. The number of carbonyl (C=O) groups excluding carboxylic acids is 1. The maximum atomic E-state index is 13.4. The van der Waals surface area contributed by atoms with Crippen molar-refractivity contribution in [2.24, 2.45) is 0 Å². The number of ether oxygens (including phenoxy) is 1. The molecule has 0 aliphatic rings. The van der Waals surface area contributed by atoms with Crippen LogP contribution in [0.1, 0.15) is 5.56 Å². The summed E-state index contributed by atoms with van der Waals surface area (Å²) in [6, 6.07) is 5.03. The zero-order valence-corrected chi connectivity index (χ0v) is 13.3. The summed E-state index contributed by atoms with van der Waals surface area (Å²) in [6.45, 7) is 1.03. The van der Waals surface area contributed by atoms with E-state index in [0.717, 1.165) is 10.0 Å². The topological polar surface area (TPSA) is 38.3 Å². The smallest absolute Gasteiger partial charge is 0.262 e. The fourth-order valence-corrected chi connectivity index (χ4v) is 2.06. The first kappa shape index (κ1) is 17.3. The molecule has 0 saturated heterocycles. The van der Waals surface area contributed by atoms with Gasteiger partial charge in [-0.2, -0.15) is 8.78 Å². The fourth-order valence-electron chi connectivity index (χ4n) is 1.68. The minimum absolute atomic E-state index is 0.0570. The van der Waals surface area contributed by atoms with Crippen LogP contribution < -0.4 is 10.1 Å². The van der Waals surface area contributed by atoms with Gasteiger partial charge in [0.15, 0.2) is 24.0 Å². The van der Waals surface area contributed by atoms with Gasteiger partial charge < -0.3 is 10.1 Å². The van der Waals surface area contributed by atoms with Crippen LogP contribution in [0.15, 0.2) is 28.7 Å². The van der Waals surface area contributed by atoms with Gasteiger partial charge in [0.2, 0.25) is 11.6 Å². The van der Waals surface area contributed by atoms with E-state index in [1.807, 2.05) is 6.92 Å². The van der Waals surface area contributed by atoms with Gasteiger partial charge >= 0.3 is 0 Å². The van der Waals surface area contributed by atoms with E-state index in [1.54, 1.807) is 18.2 Å². The minimum Gasteiger partial charge on any atom is -0.477 e. The summed E-state index contributed by atoms with van der Waals surface area (Å²) >= 11 is 3.28. The van der Waals surface area contributed by atoms with E-state index in [0.29, 0.717) is 5.69 Å². The summed E-state index contributed by atoms with van der Waals surface area (Å²) in [6.07, 6.45) is 0. The predicted molar refractivity (Wildman–Crippen MR) is 79.3 cm³/mol. The van der Waals surface area contributed by atoms with E-state index >= 15 is 0 Å². The summed E-state index contributed by atoms with van der Waals surface area (Å²) < 4.78 is 58.1. The van der Waals surface area contributed by atoms with Crippen molar-refractivity contribution in [1.82, 2.24) is 0 Å². The van der Waals surface area contributed by atoms with Crippen molar-refractivity contribution in [3.8, 4) is 5.75 Å². The lowest BCUT2D eigenvalue weighted by Crippen LogP contribution is -2.21. The number of nitrogens with one attached hydrogen (secondary N) is 1. The molecule has 1 N–H and O–H groups in total. The van der Waals surface area contributed by atoms with E-state index in [9.17, 15) is 22.4 Å². The highest BCUT2D eigenvalue weighted by Gasteiger charge is 2.21. The van der Waals surface area contributed by atoms with E-state index in [-0.39, 0.29) is 6.07 Å². The summed E-state index contributed by atoms with van der Waals surface area (Å²) in [5.74, 6) is -8.64. The summed E-state index contributed by atoms with van der Waals surface area (Å²) in [7, 11) is 0. The number of halogens is 5. The van der Waals surface area contributed by atoms with Crippen molar-refractivity contribution in [1.29, 1.82) is 0 Å². The zero-order valence-electron chi connectivity index (χ0n) is 11.7. The predicted octanol–water partition coefficient (Wildman–Crippen LogP) is 4.33. The molecule has 122 valence electrons. The molecule has 0 saturated carbocycles. The molecule has 2 aromatic carbocycles. The third kappa shape index (κ3) is 4.01.